The second kappa shape index (κ2) is 9.49. The van der Waals surface area contributed by atoms with E-state index in [4.69, 9.17) is 11.6 Å². The molecule has 0 spiro atoms. The van der Waals surface area contributed by atoms with Gasteiger partial charge in [-0.1, -0.05) is 42.7 Å². The van der Waals surface area contributed by atoms with Crippen LogP contribution < -0.4 is 16.3 Å². The molecule has 6 rings (SSSR count). The maximum absolute atomic E-state index is 14.7. The van der Waals surface area contributed by atoms with Crippen LogP contribution in [0.4, 0.5) is 10.1 Å². The number of benzene rings is 2. The van der Waals surface area contributed by atoms with E-state index in [-0.39, 0.29) is 11.9 Å². The average Bonchev–Trinajstić information content (AvgIpc) is 3.51. The zero-order valence-electron chi connectivity index (χ0n) is 20.2. The summed E-state index contributed by atoms with van der Waals surface area (Å²) in [6.45, 7) is 5.06. The minimum Gasteiger partial charge on any atom is -0.376 e. The first-order valence-corrected chi connectivity index (χ1v) is 13.2. The molecule has 0 saturated heterocycles. The molecular weight excluding hydrogens is 461 g/mol. The summed E-state index contributed by atoms with van der Waals surface area (Å²) < 4.78 is 14.7. The molecule has 1 unspecified atom stereocenters. The highest BCUT2D eigenvalue weighted by atomic mass is 35.5. The first-order valence-electron chi connectivity index (χ1n) is 12.9. The summed E-state index contributed by atoms with van der Waals surface area (Å²) in [5.41, 5.74) is 14.3. The Kier molecular flexibility index (Phi) is 6.21. The number of hydrazine groups is 2. The van der Waals surface area contributed by atoms with E-state index >= 15 is 0 Å². The van der Waals surface area contributed by atoms with Crippen molar-refractivity contribution in [1.29, 1.82) is 0 Å². The van der Waals surface area contributed by atoms with E-state index in [1.165, 1.54) is 54.0 Å². The summed E-state index contributed by atoms with van der Waals surface area (Å²) in [6, 6.07) is 12.3. The molecule has 3 aliphatic heterocycles. The summed E-state index contributed by atoms with van der Waals surface area (Å²) in [6.07, 6.45) is 9.77. The third-order valence-corrected chi connectivity index (χ3v) is 8.27. The van der Waals surface area contributed by atoms with Crippen LogP contribution in [0.1, 0.15) is 68.2 Å². The standard InChI is InChI=1S/C28H33ClFN5/c1-18-28-23-8-6-20(19-10-13-34(14-11-19)22-4-2-3-5-22)16-24(23)26(12-15-35(28)33-32-18)31-27-17-21(29)7-9-25(27)30/h6-10,16-17,22,26,31-33H,2-5,11-15H2,1H3. The number of anilines is 1. The van der Waals surface area contributed by atoms with Crippen LogP contribution in [0.2, 0.25) is 5.02 Å². The fourth-order valence-electron chi connectivity index (χ4n) is 6.16. The number of allylic oxidation sites excluding steroid dienone is 1. The number of hydrogen-bond donors (Lipinski definition) is 3. The molecular formula is C28H33ClFN5. The third kappa shape index (κ3) is 4.44. The summed E-state index contributed by atoms with van der Waals surface area (Å²) in [5, 5.41) is 6.16. The van der Waals surface area contributed by atoms with Gasteiger partial charge in [-0.2, -0.15) is 0 Å². The van der Waals surface area contributed by atoms with Crippen LogP contribution in [-0.2, 0) is 0 Å². The Morgan fingerprint density at radius 3 is 2.71 bits per heavy atom. The first kappa shape index (κ1) is 22.9. The van der Waals surface area contributed by atoms with Gasteiger partial charge in [0.05, 0.1) is 23.1 Å². The van der Waals surface area contributed by atoms with Crippen molar-refractivity contribution in [3.05, 3.63) is 75.7 Å². The number of hydrogen-bond acceptors (Lipinski definition) is 5. The van der Waals surface area contributed by atoms with Crippen molar-refractivity contribution in [2.75, 3.05) is 25.0 Å². The summed E-state index contributed by atoms with van der Waals surface area (Å²) >= 11 is 6.20. The highest BCUT2D eigenvalue weighted by Crippen LogP contribution is 2.39. The second-order valence-electron chi connectivity index (χ2n) is 10.2. The second-order valence-corrected chi connectivity index (χ2v) is 10.6. The van der Waals surface area contributed by atoms with Crippen LogP contribution in [-0.4, -0.2) is 35.6 Å². The third-order valence-electron chi connectivity index (χ3n) is 8.04. The van der Waals surface area contributed by atoms with Crippen molar-refractivity contribution in [3.8, 4) is 0 Å². The van der Waals surface area contributed by atoms with E-state index in [0.717, 1.165) is 49.9 Å². The Labute approximate surface area is 212 Å². The number of rotatable bonds is 4. The van der Waals surface area contributed by atoms with Crippen LogP contribution in [0.15, 0.2) is 48.2 Å². The molecule has 0 aromatic heterocycles. The highest BCUT2D eigenvalue weighted by molar-refractivity contribution is 6.30. The lowest BCUT2D eigenvalue weighted by atomic mass is 9.90. The molecule has 2 aromatic rings. The predicted molar refractivity (Wildman–Crippen MR) is 141 cm³/mol. The quantitative estimate of drug-likeness (QED) is 0.481. The Balaban J connectivity index is 1.35. The van der Waals surface area contributed by atoms with Crippen LogP contribution in [0.5, 0.6) is 0 Å². The lowest BCUT2D eigenvalue weighted by Crippen LogP contribution is -2.38. The molecule has 1 aliphatic carbocycles. The topological polar surface area (TPSA) is 42.6 Å². The molecule has 0 radical (unpaired) electrons. The van der Waals surface area contributed by atoms with E-state index in [1.54, 1.807) is 12.1 Å². The molecule has 5 nitrogen and oxygen atoms in total. The molecule has 0 bridgehead atoms. The lowest BCUT2D eigenvalue weighted by molar-refractivity contribution is 0.219. The predicted octanol–water partition coefficient (Wildman–Crippen LogP) is 6.08. The zero-order chi connectivity index (χ0) is 23.9. The van der Waals surface area contributed by atoms with Gasteiger partial charge in [0, 0.05) is 36.3 Å². The van der Waals surface area contributed by atoms with Gasteiger partial charge in [0.2, 0.25) is 0 Å². The number of halogens is 2. The molecule has 184 valence electrons. The van der Waals surface area contributed by atoms with Gasteiger partial charge in [0.15, 0.2) is 0 Å². The molecule has 0 amide bonds. The molecule has 3 N–H and O–H groups in total. The molecule has 1 atom stereocenters. The SMILES string of the molecule is CC1=C2c3ccc(C4=CCN(C5CCCC5)CC4)cc3C(Nc3cc(Cl)ccc3F)CCN2NN1. The zero-order valence-corrected chi connectivity index (χ0v) is 21.0. The van der Waals surface area contributed by atoms with Crippen LogP contribution in [0.3, 0.4) is 0 Å². The van der Waals surface area contributed by atoms with Gasteiger partial charge in [0.1, 0.15) is 5.82 Å². The van der Waals surface area contributed by atoms with Crippen molar-refractivity contribution in [2.24, 2.45) is 0 Å². The van der Waals surface area contributed by atoms with Gasteiger partial charge in [0.25, 0.3) is 0 Å². The van der Waals surface area contributed by atoms with Crippen molar-refractivity contribution < 1.29 is 4.39 Å². The van der Waals surface area contributed by atoms with E-state index in [0.29, 0.717) is 10.7 Å². The van der Waals surface area contributed by atoms with Crippen LogP contribution >= 0.6 is 11.6 Å². The first-order chi connectivity index (χ1) is 17.1. The molecule has 1 fully saturated rings. The lowest BCUT2D eigenvalue weighted by Gasteiger charge is -2.32. The molecule has 4 aliphatic rings. The molecule has 1 saturated carbocycles. The van der Waals surface area contributed by atoms with Gasteiger partial charge < -0.3 is 10.7 Å². The average molecular weight is 494 g/mol. The fraction of sp³-hybridized carbons (Fsp3) is 0.429. The Morgan fingerprint density at radius 1 is 1.06 bits per heavy atom. The van der Waals surface area contributed by atoms with Crippen molar-refractivity contribution in [3.63, 3.8) is 0 Å². The molecule has 2 aromatic carbocycles. The van der Waals surface area contributed by atoms with Crippen molar-refractivity contribution >= 4 is 28.6 Å². The van der Waals surface area contributed by atoms with Gasteiger partial charge in [-0.15, -0.1) is 5.53 Å². The van der Waals surface area contributed by atoms with Gasteiger partial charge in [-0.25, -0.2) is 4.39 Å². The van der Waals surface area contributed by atoms with E-state index in [2.05, 4.69) is 57.4 Å². The van der Waals surface area contributed by atoms with Gasteiger partial charge >= 0.3 is 0 Å². The molecule has 35 heavy (non-hydrogen) atoms. The number of fused-ring (bicyclic) bond motifs is 3. The van der Waals surface area contributed by atoms with Crippen LogP contribution in [0, 0.1) is 5.82 Å². The smallest absolute Gasteiger partial charge is 0.146 e. The monoisotopic (exact) mass is 493 g/mol. The van der Waals surface area contributed by atoms with Crippen molar-refractivity contribution in [1.82, 2.24) is 20.9 Å². The Morgan fingerprint density at radius 2 is 1.91 bits per heavy atom. The van der Waals surface area contributed by atoms with Crippen LogP contribution in [0.25, 0.3) is 11.3 Å². The Bertz CT molecular complexity index is 1190. The Hall–Kier alpha value is -2.54. The minimum atomic E-state index is -0.283. The van der Waals surface area contributed by atoms with E-state index in [9.17, 15) is 4.39 Å². The summed E-state index contributed by atoms with van der Waals surface area (Å²) in [7, 11) is 0. The summed E-state index contributed by atoms with van der Waals surface area (Å²) in [5.74, 6) is -0.283. The number of nitrogens with zero attached hydrogens (tertiary/aromatic N) is 2. The number of nitrogens with one attached hydrogen (secondary N) is 3. The maximum Gasteiger partial charge on any atom is 0.146 e. The van der Waals surface area contributed by atoms with Gasteiger partial charge in [-0.05, 0) is 73.6 Å². The normalized spacial score (nSPS) is 23.0. The highest BCUT2D eigenvalue weighted by Gasteiger charge is 2.31. The van der Waals surface area contributed by atoms with E-state index < -0.39 is 0 Å². The molecule has 3 heterocycles. The molecule has 7 heteroatoms. The largest absolute Gasteiger partial charge is 0.376 e. The summed E-state index contributed by atoms with van der Waals surface area (Å²) in [4.78, 5) is 2.66. The fourth-order valence-corrected chi connectivity index (χ4v) is 6.33. The van der Waals surface area contributed by atoms with Gasteiger partial charge in [-0.3, -0.25) is 9.91 Å². The van der Waals surface area contributed by atoms with Crippen molar-refractivity contribution in [2.45, 2.75) is 57.5 Å². The van der Waals surface area contributed by atoms with E-state index in [1.807, 2.05) is 0 Å². The minimum absolute atomic E-state index is 0.0372. The maximum atomic E-state index is 14.7.